The summed E-state index contributed by atoms with van der Waals surface area (Å²) in [6.45, 7) is 4.56. The molecule has 23 heavy (non-hydrogen) atoms. The van der Waals surface area contributed by atoms with Crippen molar-refractivity contribution in [2.75, 3.05) is 0 Å². The van der Waals surface area contributed by atoms with Gasteiger partial charge >= 0.3 is 6.03 Å². The lowest BCUT2D eigenvalue weighted by molar-refractivity contribution is 0.237. The molecule has 0 fully saturated rings. The number of nitrogens with one attached hydrogen (secondary N) is 2. The number of phenols is 1. The van der Waals surface area contributed by atoms with Crippen LogP contribution in [-0.4, -0.2) is 17.2 Å². The zero-order valence-electron chi connectivity index (χ0n) is 13.7. The molecule has 0 aromatic heterocycles. The van der Waals surface area contributed by atoms with Gasteiger partial charge in [-0.05, 0) is 49.9 Å². The molecule has 0 aliphatic rings. The fourth-order valence-electron chi connectivity index (χ4n) is 2.28. The maximum absolute atomic E-state index is 11.9. The van der Waals surface area contributed by atoms with Crippen LogP contribution in [0.4, 0.5) is 4.79 Å². The zero-order valence-corrected chi connectivity index (χ0v) is 13.7. The molecule has 0 aliphatic carbocycles. The number of hydrogen-bond acceptors (Lipinski definition) is 2. The fourth-order valence-corrected chi connectivity index (χ4v) is 2.28. The van der Waals surface area contributed by atoms with Crippen LogP contribution in [0, 0.1) is 6.92 Å². The van der Waals surface area contributed by atoms with Gasteiger partial charge in [-0.15, -0.1) is 0 Å². The lowest BCUT2D eigenvalue weighted by Crippen LogP contribution is -2.40. The molecule has 2 amide bonds. The maximum Gasteiger partial charge on any atom is 0.315 e. The number of urea groups is 1. The molecule has 1 atom stereocenters. The van der Waals surface area contributed by atoms with Crippen molar-refractivity contribution in [3.63, 3.8) is 0 Å². The van der Waals surface area contributed by atoms with Gasteiger partial charge in [0, 0.05) is 12.6 Å². The van der Waals surface area contributed by atoms with Crippen LogP contribution in [0.3, 0.4) is 0 Å². The molecule has 0 saturated carbocycles. The van der Waals surface area contributed by atoms with Gasteiger partial charge in [-0.1, -0.05) is 42.0 Å². The molecule has 1 unspecified atom stereocenters. The normalized spacial score (nSPS) is 11.7. The summed E-state index contributed by atoms with van der Waals surface area (Å²) in [5, 5.41) is 15.1. The first-order valence-corrected chi connectivity index (χ1v) is 7.91. The number of carbonyl (C=O) groups is 1. The molecule has 0 saturated heterocycles. The molecule has 0 bridgehead atoms. The number of aromatic hydroxyl groups is 1. The summed E-state index contributed by atoms with van der Waals surface area (Å²) in [5.74, 6) is 0.274. The highest BCUT2D eigenvalue weighted by Crippen LogP contribution is 2.11. The highest BCUT2D eigenvalue weighted by atomic mass is 16.3. The van der Waals surface area contributed by atoms with Crippen LogP contribution in [-0.2, 0) is 13.0 Å². The molecule has 2 rings (SSSR count). The molecule has 0 heterocycles. The highest BCUT2D eigenvalue weighted by molar-refractivity contribution is 5.74. The quantitative estimate of drug-likeness (QED) is 0.764. The van der Waals surface area contributed by atoms with Gasteiger partial charge in [0.2, 0.25) is 0 Å². The van der Waals surface area contributed by atoms with E-state index < -0.39 is 0 Å². The summed E-state index contributed by atoms with van der Waals surface area (Å²) in [7, 11) is 0. The van der Waals surface area contributed by atoms with Crippen LogP contribution in [0.2, 0.25) is 0 Å². The Bertz CT molecular complexity index is 621. The minimum atomic E-state index is -0.149. The maximum atomic E-state index is 11.9. The molecule has 2 aromatic carbocycles. The van der Waals surface area contributed by atoms with E-state index in [1.807, 2.05) is 50.2 Å². The Hall–Kier alpha value is -2.49. The Kier molecular flexibility index (Phi) is 6.03. The third kappa shape index (κ3) is 6.02. The number of carbonyl (C=O) groups excluding carboxylic acids is 1. The van der Waals surface area contributed by atoms with Crippen molar-refractivity contribution in [3.05, 3.63) is 65.2 Å². The summed E-state index contributed by atoms with van der Waals surface area (Å²) < 4.78 is 0. The predicted octanol–water partition coefficient (Wildman–Crippen LogP) is 3.52. The largest absolute Gasteiger partial charge is 0.508 e. The lowest BCUT2D eigenvalue weighted by Gasteiger charge is -2.15. The van der Waals surface area contributed by atoms with E-state index in [1.54, 1.807) is 12.1 Å². The predicted molar refractivity (Wildman–Crippen MR) is 92.4 cm³/mol. The minimum Gasteiger partial charge on any atom is -0.508 e. The van der Waals surface area contributed by atoms with Crippen molar-refractivity contribution < 1.29 is 9.90 Å². The smallest absolute Gasteiger partial charge is 0.315 e. The van der Waals surface area contributed by atoms with Gasteiger partial charge in [0.1, 0.15) is 5.75 Å². The molecule has 4 heteroatoms. The Labute approximate surface area is 137 Å². The summed E-state index contributed by atoms with van der Waals surface area (Å²) >= 11 is 0. The number of rotatable bonds is 6. The number of phenolic OH excluding ortho intramolecular Hbond substituents is 1. The van der Waals surface area contributed by atoms with Gasteiger partial charge in [-0.25, -0.2) is 4.79 Å². The summed E-state index contributed by atoms with van der Waals surface area (Å²) in [4.78, 5) is 11.9. The molecule has 4 nitrogen and oxygen atoms in total. The van der Waals surface area contributed by atoms with Gasteiger partial charge in [0.25, 0.3) is 0 Å². The topological polar surface area (TPSA) is 61.4 Å². The Morgan fingerprint density at radius 2 is 1.65 bits per heavy atom. The standard InChI is InChI=1S/C19H24N2O2/c1-14-3-6-17(7-4-14)13-20-19(23)21-15(2)5-8-16-9-11-18(22)12-10-16/h3-4,6-7,9-12,15,22H,5,8,13H2,1-2H3,(H2,20,21,23). The van der Waals surface area contributed by atoms with Crippen molar-refractivity contribution in [2.45, 2.75) is 39.3 Å². The number of hydrogen-bond donors (Lipinski definition) is 3. The Morgan fingerprint density at radius 1 is 1.04 bits per heavy atom. The molecular weight excluding hydrogens is 288 g/mol. The van der Waals surface area contributed by atoms with Crippen LogP contribution in [0.25, 0.3) is 0 Å². The minimum absolute atomic E-state index is 0.0850. The molecule has 0 radical (unpaired) electrons. The SMILES string of the molecule is Cc1ccc(CNC(=O)NC(C)CCc2ccc(O)cc2)cc1. The molecule has 122 valence electrons. The van der Waals surface area contributed by atoms with Crippen LogP contribution in [0.5, 0.6) is 5.75 Å². The van der Waals surface area contributed by atoms with Crippen molar-refractivity contribution >= 4 is 6.03 Å². The van der Waals surface area contributed by atoms with Crippen LogP contribution in [0.15, 0.2) is 48.5 Å². The van der Waals surface area contributed by atoms with Crippen molar-refractivity contribution in [2.24, 2.45) is 0 Å². The van der Waals surface area contributed by atoms with Crippen LogP contribution in [0.1, 0.15) is 30.0 Å². The molecule has 0 aliphatic heterocycles. The van der Waals surface area contributed by atoms with E-state index in [9.17, 15) is 9.90 Å². The first kappa shape index (κ1) is 16.9. The average Bonchev–Trinajstić information content (AvgIpc) is 2.54. The second-order valence-corrected chi connectivity index (χ2v) is 5.92. The monoisotopic (exact) mass is 312 g/mol. The highest BCUT2D eigenvalue weighted by Gasteiger charge is 2.07. The second-order valence-electron chi connectivity index (χ2n) is 5.92. The third-order valence-corrected chi connectivity index (χ3v) is 3.75. The van der Waals surface area contributed by atoms with Gasteiger partial charge in [0.15, 0.2) is 0 Å². The lowest BCUT2D eigenvalue weighted by atomic mass is 10.1. The zero-order chi connectivity index (χ0) is 16.7. The van der Waals surface area contributed by atoms with Crippen molar-refractivity contribution in [1.82, 2.24) is 10.6 Å². The fraction of sp³-hybridized carbons (Fsp3) is 0.316. The van der Waals surface area contributed by atoms with E-state index in [0.717, 1.165) is 24.0 Å². The van der Waals surface area contributed by atoms with E-state index in [0.29, 0.717) is 6.54 Å². The average molecular weight is 312 g/mol. The molecule has 3 N–H and O–H groups in total. The van der Waals surface area contributed by atoms with Gasteiger partial charge in [-0.2, -0.15) is 0 Å². The van der Waals surface area contributed by atoms with E-state index in [1.165, 1.54) is 5.56 Å². The first-order chi connectivity index (χ1) is 11.0. The van der Waals surface area contributed by atoms with E-state index >= 15 is 0 Å². The molecule has 2 aromatic rings. The van der Waals surface area contributed by atoms with E-state index in [-0.39, 0.29) is 17.8 Å². The van der Waals surface area contributed by atoms with Gasteiger partial charge in [-0.3, -0.25) is 0 Å². The number of benzene rings is 2. The van der Waals surface area contributed by atoms with Crippen LogP contribution < -0.4 is 10.6 Å². The van der Waals surface area contributed by atoms with Crippen LogP contribution >= 0.6 is 0 Å². The Morgan fingerprint density at radius 3 is 2.30 bits per heavy atom. The van der Waals surface area contributed by atoms with E-state index in [2.05, 4.69) is 10.6 Å². The van der Waals surface area contributed by atoms with Gasteiger partial charge < -0.3 is 15.7 Å². The third-order valence-electron chi connectivity index (χ3n) is 3.75. The summed E-state index contributed by atoms with van der Waals surface area (Å²) in [6.07, 6.45) is 1.71. The van der Waals surface area contributed by atoms with E-state index in [4.69, 9.17) is 0 Å². The number of aryl methyl sites for hydroxylation is 2. The van der Waals surface area contributed by atoms with Crippen molar-refractivity contribution in [3.8, 4) is 5.75 Å². The molecular formula is C19H24N2O2. The van der Waals surface area contributed by atoms with Crippen molar-refractivity contribution in [1.29, 1.82) is 0 Å². The summed E-state index contributed by atoms with van der Waals surface area (Å²) in [6, 6.07) is 15.2. The van der Waals surface area contributed by atoms with Gasteiger partial charge in [0.05, 0.1) is 0 Å². The first-order valence-electron chi connectivity index (χ1n) is 7.91. The second kappa shape index (κ2) is 8.22. The number of amides is 2. The summed E-state index contributed by atoms with van der Waals surface area (Å²) in [5.41, 5.74) is 3.44. The molecule has 0 spiro atoms. The Balaban J connectivity index is 1.69.